The van der Waals surface area contributed by atoms with Gasteiger partial charge in [-0.05, 0) is 31.9 Å². The predicted octanol–water partition coefficient (Wildman–Crippen LogP) is 4.77. The van der Waals surface area contributed by atoms with E-state index in [1.54, 1.807) is 14.0 Å². The van der Waals surface area contributed by atoms with Gasteiger partial charge in [0.05, 0.1) is 6.61 Å². The van der Waals surface area contributed by atoms with E-state index in [1.807, 2.05) is 43.3 Å². The number of carbonyl (C=O) groups is 1. The molecule has 2 rings (SSSR count). The number of amides is 1. The molecule has 0 saturated carbocycles. The number of methoxy groups -OCH3 is 1. The van der Waals surface area contributed by atoms with Crippen molar-refractivity contribution >= 4 is 22.4 Å². The Kier molecular flexibility index (Phi) is 6.21. The van der Waals surface area contributed by atoms with Crippen LogP contribution in [0.15, 0.2) is 36.4 Å². The van der Waals surface area contributed by atoms with Gasteiger partial charge in [-0.2, -0.15) is 0 Å². The first kappa shape index (κ1) is 18.3. The summed E-state index contributed by atoms with van der Waals surface area (Å²) in [6.07, 6.45) is 2.72. The molecule has 0 radical (unpaired) electrons. The molecule has 1 N–H and O–H groups in total. The summed E-state index contributed by atoms with van der Waals surface area (Å²) in [7, 11) is 1.56. The Morgan fingerprint density at radius 3 is 2.46 bits per heavy atom. The quantitative estimate of drug-likeness (QED) is 0.710. The summed E-state index contributed by atoms with van der Waals surface area (Å²) >= 11 is 0. The number of unbranched alkanes of at least 4 members (excludes halogenated alkanes) is 1. The van der Waals surface area contributed by atoms with Crippen molar-refractivity contribution in [3.8, 4) is 5.75 Å². The van der Waals surface area contributed by atoms with Crippen molar-refractivity contribution in [1.29, 1.82) is 0 Å². The maximum Gasteiger partial charge on any atom is 0.256 e. The van der Waals surface area contributed by atoms with E-state index >= 15 is 0 Å². The van der Waals surface area contributed by atoms with Crippen LogP contribution in [0.1, 0.15) is 40.0 Å². The predicted molar refractivity (Wildman–Crippen MR) is 98.7 cm³/mol. The lowest BCUT2D eigenvalue weighted by Crippen LogP contribution is -2.41. The highest BCUT2D eigenvalue weighted by Gasteiger charge is 2.31. The normalized spacial score (nSPS) is 13.5. The molecule has 0 fully saturated rings. The minimum Gasteiger partial charge on any atom is -0.493 e. The number of anilines is 1. The first-order chi connectivity index (χ1) is 11.6. The number of ether oxygens (including phenoxy) is 2. The first-order valence-corrected chi connectivity index (χ1v) is 8.57. The third-order valence-electron chi connectivity index (χ3n) is 4.49. The minimum absolute atomic E-state index is 0.141. The zero-order chi connectivity index (χ0) is 17.6. The van der Waals surface area contributed by atoms with Crippen molar-refractivity contribution < 1.29 is 14.3 Å². The van der Waals surface area contributed by atoms with Crippen LogP contribution in [-0.4, -0.2) is 25.2 Å². The third-order valence-corrected chi connectivity index (χ3v) is 4.49. The maximum absolute atomic E-state index is 12.6. The van der Waals surface area contributed by atoms with E-state index in [9.17, 15) is 4.79 Å². The maximum atomic E-state index is 12.6. The van der Waals surface area contributed by atoms with Crippen LogP contribution in [-0.2, 0) is 9.53 Å². The van der Waals surface area contributed by atoms with Gasteiger partial charge in [-0.25, -0.2) is 0 Å². The molecule has 0 saturated heterocycles. The summed E-state index contributed by atoms with van der Waals surface area (Å²) in [5, 5.41) is 4.97. The fourth-order valence-corrected chi connectivity index (χ4v) is 2.48. The minimum atomic E-state index is -0.836. The van der Waals surface area contributed by atoms with Crippen LogP contribution in [0, 0.1) is 0 Å². The molecule has 1 amide bonds. The number of hydrogen-bond donors (Lipinski definition) is 1. The Balaban J connectivity index is 2.32. The molecule has 0 bridgehead atoms. The average Bonchev–Trinajstić information content (AvgIpc) is 2.62. The Hall–Kier alpha value is -2.07. The number of fused-ring (bicyclic) bond motifs is 1. The van der Waals surface area contributed by atoms with Gasteiger partial charge >= 0.3 is 0 Å². The van der Waals surface area contributed by atoms with Crippen LogP contribution in [0.25, 0.3) is 10.8 Å². The van der Waals surface area contributed by atoms with Gasteiger partial charge in [0.1, 0.15) is 11.4 Å². The lowest BCUT2D eigenvalue weighted by Gasteiger charge is -2.25. The van der Waals surface area contributed by atoms with Crippen LogP contribution in [0.2, 0.25) is 0 Å². The molecular formula is C20H27NO3. The number of nitrogens with one attached hydrogen (secondary N) is 1. The lowest BCUT2D eigenvalue weighted by atomic mass is 10.0. The Morgan fingerprint density at radius 2 is 1.83 bits per heavy atom. The molecule has 0 spiro atoms. The standard InChI is InChI=1S/C20H27NO3/c1-5-7-14-24-18-13-12-17(15-10-8-9-11-16(15)18)21-19(22)20(3,6-2)23-4/h8-13H,5-7,14H2,1-4H3,(H,21,22)/t20-/m1/s1. The van der Waals surface area contributed by atoms with E-state index in [2.05, 4.69) is 12.2 Å². The van der Waals surface area contributed by atoms with E-state index in [0.717, 1.165) is 35.1 Å². The smallest absolute Gasteiger partial charge is 0.256 e. The van der Waals surface area contributed by atoms with E-state index in [1.165, 1.54) is 0 Å². The molecule has 24 heavy (non-hydrogen) atoms. The van der Waals surface area contributed by atoms with E-state index in [4.69, 9.17) is 9.47 Å². The van der Waals surface area contributed by atoms with Gasteiger partial charge in [0.2, 0.25) is 0 Å². The number of benzene rings is 2. The summed E-state index contributed by atoms with van der Waals surface area (Å²) in [5.41, 5.74) is -0.0626. The van der Waals surface area contributed by atoms with Crippen LogP contribution in [0.3, 0.4) is 0 Å². The van der Waals surface area contributed by atoms with Crippen molar-refractivity contribution in [3.63, 3.8) is 0 Å². The summed E-state index contributed by atoms with van der Waals surface area (Å²) < 4.78 is 11.3. The van der Waals surface area contributed by atoms with Crippen LogP contribution in [0.5, 0.6) is 5.75 Å². The molecule has 4 nitrogen and oxygen atoms in total. The van der Waals surface area contributed by atoms with Crippen LogP contribution < -0.4 is 10.1 Å². The SMILES string of the molecule is CCCCOc1ccc(NC(=O)[C@@](C)(CC)OC)c2ccccc12. The average molecular weight is 329 g/mol. The van der Waals surface area contributed by atoms with Gasteiger partial charge in [-0.3, -0.25) is 4.79 Å². The molecule has 130 valence electrons. The zero-order valence-electron chi connectivity index (χ0n) is 15.0. The highest BCUT2D eigenvalue weighted by Crippen LogP contribution is 2.32. The summed E-state index contributed by atoms with van der Waals surface area (Å²) in [6.45, 7) is 6.57. The molecule has 2 aromatic rings. The zero-order valence-corrected chi connectivity index (χ0v) is 15.0. The lowest BCUT2D eigenvalue weighted by molar-refractivity contribution is -0.136. The van der Waals surface area contributed by atoms with Gasteiger partial charge in [0, 0.05) is 23.6 Å². The van der Waals surface area contributed by atoms with Gasteiger partial charge in [-0.1, -0.05) is 44.5 Å². The van der Waals surface area contributed by atoms with Crippen LogP contribution >= 0.6 is 0 Å². The molecule has 2 aromatic carbocycles. The molecule has 0 aliphatic carbocycles. The molecule has 0 unspecified atom stereocenters. The fraction of sp³-hybridized carbons (Fsp3) is 0.450. The summed E-state index contributed by atoms with van der Waals surface area (Å²) in [6, 6.07) is 11.8. The Labute approximate surface area is 144 Å². The van der Waals surface area contributed by atoms with Gasteiger partial charge in [0.25, 0.3) is 5.91 Å². The molecule has 4 heteroatoms. The van der Waals surface area contributed by atoms with Crippen LogP contribution in [0.4, 0.5) is 5.69 Å². The van der Waals surface area contributed by atoms with Crippen molar-refractivity contribution in [2.45, 2.75) is 45.6 Å². The largest absolute Gasteiger partial charge is 0.493 e. The number of hydrogen-bond acceptors (Lipinski definition) is 3. The van der Waals surface area contributed by atoms with Gasteiger partial charge < -0.3 is 14.8 Å². The van der Waals surface area contributed by atoms with Gasteiger partial charge in [0.15, 0.2) is 0 Å². The molecular weight excluding hydrogens is 302 g/mol. The number of carbonyl (C=O) groups excluding carboxylic acids is 1. The Morgan fingerprint density at radius 1 is 1.12 bits per heavy atom. The molecule has 0 aliphatic rings. The fourth-order valence-electron chi connectivity index (χ4n) is 2.48. The first-order valence-electron chi connectivity index (χ1n) is 8.57. The second kappa shape index (κ2) is 8.15. The second-order valence-electron chi connectivity index (χ2n) is 6.10. The Bertz CT molecular complexity index is 692. The van der Waals surface area contributed by atoms with Crippen molar-refractivity contribution in [2.24, 2.45) is 0 Å². The third kappa shape index (κ3) is 3.88. The van der Waals surface area contributed by atoms with Crippen molar-refractivity contribution in [3.05, 3.63) is 36.4 Å². The van der Waals surface area contributed by atoms with E-state index in [0.29, 0.717) is 13.0 Å². The molecule has 1 atom stereocenters. The summed E-state index contributed by atoms with van der Waals surface area (Å²) in [5.74, 6) is 0.708. The highest BCUT2D eigenvalue weighted by molar-refractivity contribution is 6.06. The van der Waals surface area contributed by atoms with Crippen molar-refractivity contribution in [2.75, 3.05) is 19.0 Å². The van der Waals surface area contributed by atoms with Gasteiger partial charge in [-0.15, -0.1) is 0 Å². The van der Waals surface area contributed by atoms with E-state index < -0.39 is 5.60 Å². The monoisotopic (exact) mass is 329 g/mol. The molecule has 0 aliphatic heterocycles. The molecule has 0 heterocycles. The topological polar surface area (TPSA) is 47.6 Å². The summed E-state index contributed by atoms with van der Waals surface area (Å²) in [4.78, 5) is 12.6. The van der Waals surface area contributed by atoms with E-state index in [-0.39, 0.29) is 5.91 Å². The molecule has 0 aromatic heterocycles. The second-order valence-corrected chi connectivity index (χ2v) is 6.10. The number of rotatable bonds is 8. The van der Waals surface area contributed by atoms with Crippen molar-refractivity contribution in [1.82, 2.24) is 0 Å². The highest BCUT2D eigenvalue weighted by atomic mass is 16.5.